The lowest BCUT2D eigenvalue weighted by Crippen LogP contribution is -2.20. The zero-order valence-electron chi connectivity index (χ0n) is 10.0. The molecule has 1 fully saturated rings. The standard InChI is InChI=1S/C13H18BrNO/c1-8(2)9-6-10(13(15)4-5-13)12(14)11(7-9)16-3/h6-8H,4-5,15H2,1-3H3. The zero-order chi connectivity index (χ0) is 11.9. The number of hydrogen-bond acceptors (Lipinski definition) is 2. The van der Waals surface area contributed by atoms with Gasteiger partial charge in [-0.3, -0.25) is 0 Å². The maximum atomic E-state index is 6.28. The number of benzene rings is 1. The lowest BCUT2D eigenvalue weighted by Gasteiger charge is -2.18. The highest BCUT2D eigenvalue weighted by Crippen LogP contribution is 2.48. The summed E-state index contributed by atoms with van der Waals surface area (Å²) in [5, 5.41) is 0. The molecule has 0 saturated heterocycles. The van der Waals surface area contributed by atoms with Gasteiger partial charge in [-0.25, -0.2) is 0 Å². The fourth-order valence-corrected chi connectivity index (χ4v) is 2.65. The fourth-order valence-electron chi connectivity index (χ4n) is 1.87. The Labute approximate surface area is 105 Å². The van der Waals surface area contributed by atoms with Crippen LogP contribution in [0.4, 0.5) is 0 Å². The van der Waals surface area contributed by atoms with Gasteiger partial charge in [-0.2, -0.15) is 0 Å². The minimum absolute atomic E-state index is 0.128. The molecule has 0 heterocycles. The smallest absolute Gasteiger partial charge is 0.133 e. The molecule has 0 aromatic heterocycles. The van der Waals surface area contributed by atoms with Crippen LogP contribution in [0.15, 0.2) is 16.6 Å². The van der Waals surface area contributed by atoms with Crippen LogP contribution < -0.4 is 10.5 Å². The van der Waals surface area contributed by atoms with Crippen molar-refractivity contribution in [2.45, 2.75) is 38.1 Å². The minimum atomic E-state index is -0.128. The second kappa shape index (κ2) is 4.04. The second-order valence-corrected chi connectivity index (χ2v) is 5.69. The molecule has 1 aromatic rings. The highest BCUT2D eigenvalue weighted by Gasteiger charge is 2.42. The predicted octanol–water partition coefficient (Wildman–Crippen LogP) is 3.53. The Morgan fingerprint density at radius 3 is 2.44 bits per heavy atom. The van der Waals surface area contributed by atoms with Crippen molar-refractivity contribution in [2.24, 2.45) is 5.73 Å². The van der Waals surface area contributed by atoms with Crippen molar-refractivity contribution >= 4 is 15.9 Å². The molecule has 1 saturated carbocycles. The molecule has 16 heavy (non-hydrogen) atoms. The Hall–Kier alpha value is -0.540. The van der Waals surface area contributed by atoms with E-state index in [2.05, 4.69) is 41.9 Å². The third-order valence-electron chi connectivity index (χ3n) is 3.27. The molecule has 0 bridgehead atoms. The van der Waals surface area contributed by atoms with Crippen molar-refractivity contribution in [3.63, 3.8) is 0 Å². The molecule has 0 radical (unpaired) electrons. The van der Waals surface area contributed by atoms with Crippen LogP contribution in [-0.4, -0.2) is 7.11 Å². The highest BCUT2D eigenvalue weighted by molar-refractivity contribution is 9.10. The SMILES string of the molecule is COc1cc(C(C)C)cc(C2(N)CC2)c1Br. The van der Waals surface area contributed by atoms with E-state index in [-0.39, 0.29) is 5.54 Å². The van der Waals surface area contributed by atoms with Gasteiger partial charge in [-0.05, 0) is 51.9 Å². The number of halogens is 1. The van der Waals surface area contributed by atoms with Crippen molar-refractivity contribution in [1.82, 2.24) is 0 Å². The van der Waals surface area contributed by atoms with Crippen LogP contribution in [0.1, 0.15) is 43.7 Å². The van der Waals surface area contributed by atoms with Gasteiger partial charge in [0.15, 0.2) is 0 Å². The topological polar surface area (TPSA) is 35.2 Å². The zero-order valence-corrected chi connectivity index (χ0v) is 11.6. The molecule has 0 amide bonds. The summed E-state index contributed by atoms with van der Waals surface area (Å²) in [5.74, 6) is 1.38. The number of rotatable bonds is 3. The van der Waals surface area contributed by atoms with Crippen molar-refractivity contribution in [3.05, 3.63) is 27.7 Å². The summed E-state index contributed by atoms with van der Waals surface area (Å²) >= 11 is 3.60. The number of hydrogen-bond donors (Lipinski definition) is 1. The van der Waals surface area contributed by atoms with Gasteiger partial charge in [-0.15, -0.1) is 0 Å². The monoisotopic (exact) mass is 283 g/mol. The Kier molecular flexibility index (Phi) is 3.01. The number of nitrogens with two attached hydrogens (primary N) is 1. The molecule has 1 aliphatic rings. The molecule has 88 valence electrons. The van der Waals surface area contributed by atoms with Gasteiger partial charge in [0.2, 0.25) is 0 Å². The Bertz CT molecular complexity index is 411. The van der Waals surface area contributed by atoms with Gasteiger partial charge in [0.1, 0.15) is 5.75 Å². The summed E-state index contributed by atoms with van der Waals surface area (Å²) < 4.78 is 6.41. The summed E-state index contributed by atoms with van der Waals surface area (Å²) in [7, 11) is 1.70. The van der Waals surface area contributed by atoms with Crippen LogP contribution >= 0.6 is 15.9 Å². The van der Waals surface area contributed by atoms with E-state index in [1.165, 1.54) is 11.1 Å². The van der Waals surface area contributed by atoms with Crippen molar-refractivity contribution in [2.75, 3.05) is 7.11 Å². The summed E-state index contributed by atoms with van der Waals surface area (Å²) in [5.41, 5.74) is 8.62. The maximum absolute atomic E-state index is 6.28. The first kappa shape index (κ1) is 11.9. The van der Waals surface area contributed by atoms with E-state index < -0.39 is 0 Å². The van der Waals surface area contributed by atoms with E-state index >= 15 is 0 Å². The molecule has 2 rings (SSSR count). The third kappa shape index (κ3) is 1.98. The van der Waals surface area contributed by atoms with Crippen molar-refractivity contribution < 1.29 is 4.74 Å². The van der Waals surface area contributed by atoms with Crippen LogP contribution in [0.2, 0.25) is 0 Å². The average molecular weight is 284 g/mol. The van der Waals surface area contributed by atoms with Crippen molar-refractivity contribution in [3.8, 4) is 5.75 Å². The maximum Gasteiger partial charge on any atom is 0.133 e. The van der Waals surface area contributed by atoms with E-state index in [9.17, 15) is 0 Å². The molecule has 1 aliphatic carbocycles. The van der Waals surface area contributed by atoms with Gasteiger partial charge >= 0.3 is 0 Å². The second-order valence-electron chi connectivity index (χ2n) is 4.90. The van der Waals surface area contributed by atoms with Crippen LogP contribution in [-0.2, 0) is 5.54 Å². The van der Waals surface area contributed by atoms with Gasteiger partial charge in [-0.1, -0.05) is 19.9 Å². The van der Waals surface area contributed by atoms with Crippen LogP contribution in [0, 0.1) is 0 Å². The summed E-state index contributed by atoms with van der Waals surface area (Å²) in [6.07, 6.45) is 2.13. The van der Waals surface area contributed by atoms with E-state index in [1.54, 1.807) is 7.11 Å². The van der Waals surface area contributed by atoms with E-state index in [0.29, 0.717) is 5.92 Å². The highest BCUT2D eigenvalue weighted by atomic mass is 79.9. The molecular formula is C13H18BrNO. The average Bonchev–Trinajstić information content (AvgIpc) is 2.97. The normalized spacial score (nSPS) is 17.6. The molecule has 2 nitrogen and oxygen atoms in total. The first-order valence-corrected chi connectivity index (χ1v) is 6.44. The van der Waals surface area contributed by atoms with Gasteiger partial charge in [0, 0.05) is 5.54 Å². The molecule has 3 heteroatoms. The number of ether oxygens (including phenoxy) is 1. The molecule has 2 N–H and O–H groups in total. The van der Waals surface area contributed by atoms with E-state index in [0.717, 1.165) is 23.1 Å². The molecule has 0 spiro atoms. The summed E-state index contributed by atoms with van der Waals surface area (Å²) in [4.78, 5) is 0. The van der Waals surface area contributed by atoms with Crippen molar-refractivity contribution in [1.29, 1.82) is 0 Å². The molecule has 0 atom stereocenters. The van der Waals surface area contributed by atoms with Crippen LogP contribution in [0.25, 0.3) is 0 Å². The largest absolute Gasteiger partial charge is 0.496 e. The minimum Gasteiger partial charge on any atom is -0.496 e. The molecular weight excluding hydrogens is 266 g/mol. The quantitative estimate of drug-likeness (QED) is 0.921. The molecule has 0 aliphatic heterocycles. The lowest BCUT2D eigenvalue weighted by atomic mass is 9.96. The summed E-state index contributed by atoms with van der Waals surface area (Å²) in [6.45, 7) is 4.37. The Morgan fingerprint density at radius 1 is 1.38 bits per heavy atom. The third-order valence-corrected chi connectivity index (χ3v) is 4.09. The Balaban J connectivity index is 2.54. The first-order chi connectivity index (χ1) is 7.48. The molecule has 1 aromatic carbocycles. The molecule has 0 unspecified atom stereocenters. The van der Waals surface area contributed by atoms with Crippen LogP contribution in [0.3, 0.4) is 0 Å². The van der Waals surface area contributed by atoms with Gasteiger partial charge in [0.05, 0.1) is 11.6 Å². The Morgan fingerprint density at radius 2 is 2.00 bits per heavy atom. The predicted molar refractivity (Wildman–Crippen MR) is 69.9 cm³/mol. The fraction of sp³-hybridized carbons (Fsp3) is 0.538. The van der Waals surface area contributed by atoms with Crippen LogP contribution in [0.5, 0.6) is 5.75 Å². The number of methoxy groups -OCH3 is 1. The van der Waals surface area contributed by atoms with Gasteiger partial charge in [0.25, 0.3) is 0 Å². The summed E-state index contributed by atoms with van der Waals surface area (Å²) in [6, 6.07) is 4.30. The lowest BCUT2D eigenvalue weighted by molar-refractivity contribution is 0.410. The first-order valence-electron chi connectivity index (χ1n) is 5.65. The van der Waals surface area contributed by atoms with Gasteiger partial charge < -0.3 is 10.5 Å². The van der Waals surface area contributed by atoms with E-state index in [4.69, 9.17) is 10.5 Å². The van der Waals surface area contributed by atoms with E-state index in [1.807, 2.05) is 0 Å².